The van der Waals surface area contributed by atoms with Crippen LogP contribution in [-0.2, 0) is 16.1 Å². The van der Waals surface area contributed by atoms with E-state index in [1.54, 1.807) is 37.1 Å². The van der Waals surface area contributed by atoms with Crippen LogP contribution >= 0.6 is 11.6 Å². The normalized spacial score (nSPS) is 13.9. The fourth-order valence-corrected chi connectivity index (χ4v) is 4.00. The zero-order valence-electron chi connectivity index (χ0n) is 17.1. The summed E-state index contributed by atoms with van der Waals surface area (Å²) in [6, 6.07) is 20.3. The summed E-state index contributed by atoms with van der Waals surface area (Å²) in [5.41, 5.74) is 3.19. The van der Waals surface area contributed by atoms with Gasteiger partial charge in [-0.25, -0.2) is 9.29 Å². The Labute approximate surface area is 185 Å². The van der Waals surface area contributed by atoms with E-state index in [-0.39, 0.29) is 11.3 Å². The van der Waals surface area contributed by atoms with Gasteiger partial charge in [-0.1, -0.05) is 54.1 Å². The Morgan fingerprint density at radius 3 is 2.26 bits per heavy atom. The van der Waals surface area contributed by atoms with E-state index in [2.05, 4.69) is 0 Å². The zero-order valence-corrected chi connectivity index (χ0v) is 17.9. The Morgan fingerprint density at radius 1 is 0.935 bits per heavy atom. The third-order valence-corrected chi connectivity index (χ3v) is 5.47. The summed E-state index contributed by atoms with van der Waals surface area (Å²) < 4.78 is 13.5. The molecule has 0 unspecified atom stereocenters. The molecule has 0 spiro atoms. The largest absolute Gasteiger partial charge is 0.365 e. The van der Waals surface area contributed by atoms with E-state index in [1.165, 1.54) is 29.2 Å². The highest BCUT2D eigenvalue weighted by Crippen LogP contribution is 2.36. The minimum Gasteiger partial charge on any atom is -0.365 e. The lowest BCUT2D eigenvalue weighted by molar-refractivity contribution is -0.120. The number of carbonyl (C=O) groups is 2. The van der Waals surface area contributed by atoms with Gasteiger partial charge in [0, 0.05) is 18.6 Å². The first kappa shape index (κ1) is 20.8. The van der Waals surface area contributed by atoms with Gasteiger partial charge >= 0.3 is 0 Å². The van der Waals surface area contributed by atoms with Gasteiger partial charge in [0.05, 0.1) is 11.3 Å². The van der Waals surface area contributed by atoms with Crippen molar-refractivity contribution in [3.05, 3.63) is 106 Å². The van der Waals surface area contributed by atoms with Crippen molar-refractivity contribution in [2.24, 2.45) is 0 Å². The molecule has 156 valence electrons. The predicted octanol–water partition coefficient (Wildman–Crippen LogP) is 5.20. The molecule has 2 amide bonds. The number of carbonyl (C=O) groups excluding carboxylic acids is 2. The molecule has 0 radical (unpaired) electrons. The molecule has 3 aromatic carbocycles. The lowest BCUT2D eigenvalue weighted by Crippen LogP contribution is -2.34. The summed E-state index contributed by atoms with van der Waals surface area (Å²) in [4.78, 5) is 30.0. The monoisotopic (exact) mass is 434 g/mol. The maximum atomic E-state index is 13.5. The van der Waals surface area contributed by atoms with Gasteiger partial charge < -0.3 is 4.90 Å². The highest BCUT2D eigenvalue weighted by molar-refractivity contribution is 6.45. The molecule has 4 rings (SSSR count). The molecule has 31 heavy (non-hydrogen) atoms. The van der Waals surface area contributed by atoms with Gasteiger partial charge in [0.2, 0.25) is 0 Å². The van der Waals surface area contributed by atoms with Gasteiger partial charge in [-0.05, 0) is 53.9 Å². The molecule has 0 atom stereocenters. The van der Waals surface area contributed by atoms with Crippen molar-refractivity contribution in [3.63, 3.8) is 0 Å². The van der Waals surface area contributed by atoms with Crippen LogP contribution in [0.2, 0.25) is 5.02 Å². The highest BCUT2D eigenvalue weighted by Gasteiger charge is 2.42. The lowest BCUT2D eigenvalue weighted by atomic mass is 10.0. The number of likely N-dealkylation sites (N-methyl/N-ethyl adjacent to an activating group) is 1. The molecule has 0 bridgehead atoms. The van der Waals surface area contributed by atoms with Crippen LogP contribution in [-0.4, -0.2) is 23.8 Å². The topological polar surface area (TPSA) is 40.6 Å². The first-order valence-corrected chi connectivity index (χ1v) is 10.1. The molecule has 1 heterocycles. The number of benzene rings is 3. The molecule has 0 fully saturated rings. The highest BCUT2D eigenvalue weighted by atomic mass is 35.5. The summed E-state index contributed by atoms with van der Waals surface area (Å²) >= 11 is 6.06. The smallest absolute Gasteiger partial charge is 0.282 e. The predicted molar refractivity (Wildman–Crippen MR) is 120 cm³/mol. The molecule has 6 heteroatoms. The third kappa shape index (κ3) is 3.97. The van der Waals surface area contributed by atoms with Crippen molar-refractivity contribution >= 4 is 34.7 Å². The Balaban J connectivity index is 1.82. The molecule has 0 aliphatic carbocycles. The van der Waals surface area contributed by atoms with Crippen LogP contribution in [0.4, 0.5) is 10.1 Å². The molecule has 0 saturated carbocycles. The Bertz CT molecular complexity index is 1190. The maximum absolute atomic E-state index is 13.5. The lowest BCUT2D eigenvalue weighted by Gasteiger charge is -2.22. The SMILES string of the molecule is Cc1cc(Cl)ccc1N1C(=O)C(c2ccc(F)cc2)=C(N(C)Cc2ccccc2)C1=O. The standard InChI is InChI=1S/C25H20ClFN2O2/c1-16-14-19(26)10-13-21(16)29-24(30)22(18-8-11-20(27)12-9-18)23(25(29)31)28(2)15-17-6-4-3-5-7-17/h3-14H,15H2,1-2H3. The van der Waals surface area contributed by atoms with Crippen molar-refractivity contribution < 1.29 is 14.0 Å². The molecule has 0 aromatic heterocycles. The van der Waals surface area contributed by atoms with Crippen LogP contribution in [0.3, 0.4) is 0 Å². The summed E-state index contributed by atoms with van der Waals surface area (Å²) in [5.74, 6) is -1.28. The molecular formula is C25H20ClFN2O2. The van der Waals surface area contributed by atoms with Crippen LogP contribution < -0.4 is 4.90 Å². The summed E-state index contributed by atoms with van der Waals surface area (Å²) in [6.07, 6.45) is 0. The Morgan fingerprint density at radius 2 is 1.61 bits per heavy atom. The summed E-state index contributed by atoms with van der Waals surface area (Å²) in [6.45, 7) is 2.23. The van der Waals surface area contributed by atoms with Crippen LogP contribution in [0.1, 0.15) is 16.7 Å². The van der Waals surface area contributed by atoms with E-state index in [4.69, 9.17) is 11.6 Å². The van der Waals surface area contributed by atoms with E-state index in [9.17, 15) is 14.0 Å². The second-order valence-corrected chi connectivity index (χ2v) is 7.89. The number of hydrogen-bond donors (Lipinski definition) is 0. The van der Waals surface area contributed by atoms with E-state index in [0.29, 0.717) is 28.4 Å². The first-order valence-electron chi connectivity index (χ1n) is 9.77. The number of aryl methyl sites for hydroxylation is 1. The van der Waals surface area contributed by atoms with E-state index in [1.807, 2.05) is 30.3 Å². The third-order valence-electron chi connectivity index (χ3n) is 5.24. The molecule has 3 aromatic rings. The second kappa shape index (κ2) is 8.36. The summed E-state index contributed by atoms with van der Waals surface area (Å²) in [7, 11) is 1.77. The van der Waals surface area contributed by atoms with Gasteiger partial charge in [0.25, 0.3) is 11.8 Å². The number of hydrogen-bond acceptors (Lipinski definition) is 3. The van der Waals surface area contributed by atoms with Gasteiger partial charge in [0.15, 0.2) is 0 Å². The number of amides is 2. The molecule has 1 aliphatic heterocycles. The zero-order chi connectivity index (χ0) is 22.1. The van der Waals surface area contributed by atoms with Crippen LogP contribution in [0.15, 0.2) is 78.5 Å². The molecule has 1 aliphatic rings. The van der Waals surface area contributed by atoms with E-state index < -0.39 is 17.6 Å². The van der Waals surface area contributed by atoms with Gasteiger partial charge in [-0.2, -0.15) is 0 Å². The van der Waals surface area contributed by atoms with Gasteiger partial charge in [-0.15, -0.1) is 0 Å². The quantitative estimate of drug-likeness (QED) is 0.518. The van der Waals surface area contributed by atoms with Crippen molar-refractivity contribution in [2.75, 3.05) is 11.9 Å². The van der Waals surface area contributed by atoms with Crippen LogP contribution in [0.25, 0.3) is 5.57 Å². The minimum atomic E-state index is -0.447. The second-order valence-electron chi connectivity index (χ2n) is 7.45. The molecule has 0 saturated heterocycles. The maximum Gasteiger partial charge on any atom is 0.282 e. The number of imide groups is 1. The average molecular weight is 435 g/mol. The van der Waals surface area contributed by atoms with Crippen molar-refractivity contribution in [2.45, 2.75) is 13.5 Å². The first-order chi connectivity index (χ1) is 14.9. The number of rotatable bonds is 5. The van der Waals surface area contributed by atoms with E-state index in [0.717, 1.165) is 5.56 Å². The fourth-order valence-electron chi connectivity index (χ4n) is 3.77. The van der Waals surface area contributed by atoms with Crippen molar-refractivity contribution in [1.29, 1.82) is 0 Å². The fraction of sp³-hybridized carbons (Fsp3) is 0.120. The van der Waals surface area contributed by atoms with Crippen molar-refractivity contribution in [3.8, 4) is 0 Å². The number of anilines is 1. The Hall–Kier alpha value is -3.44. The molecule has 4 nitrogen and oxygen atoms in total. The molecule has 0 N–H and O–H groups in total. The van der Waals surface area contributed by atoms with Crippen LogP contribution in [0, 0.1) is 12.7 Å². The number of nitrogens with zero attached hydrogens (tertiary/aromatic N) is 2. The van der Waals surface area contributed by atoms with Gasteiger partial charge in [0.1, 0.15) is 11.5 Å². The molecular weight excluding hydrogens is 415 g/mol. The summed E-state index contributed by atoms with van der Waals surface area (Å²) in [5, 5.41) is 0.522. The van der Waals surface area contributed by atoms with Crippen molar-refractivity contribution in [1.82, 2.24) is 4.90 Å². The van der Waals surface area contributed by atoms with Crippen LogP contribution in [0.5, 0.6) is 0 Å². The minimum absolute atomic E-state index is 0.248. The average Bonchev–Trinajstić information content (AvgIpc) is 3.00. The number of halogens is 2. The Kier molecular flexibility index (Phi) is 5.61. The van der Waals surface area contributed by atoms with Gasteiger partial charge in [-0.3, -0.25) is 9.59 Å². The van der Waals surface area contributed by atoms with E-state index >= 15 is 0 Å².